The van der Waals surface area contributed by atoms with E-state index in [0.717, 1.165) is 64.2 Å². The van der Waals surface area contributed by atoms with Gasteiger partial charge in [0.1, 0.15) is 36.6 Å². The second kappa shape index (κ2) is 40.6. The molecular weight excluding hydrogens is 850 g/mol. The number of carbonyl (C=O) groups excluding carboxylic acids is 1. The highest BCUT2D eigenvalue weighted by Gasteiger charge is 2.51. The number of phosphoric acid groups is 1. The van der Waals surface area contributed by atoms with Crippen LogP contribution in [0.15, 0.2) is 24.3 Å². The van der Waals surface area contributed by atoms with E-state index in [9.17, 15) is 50.0 Å². The van der Waals surface area contributed by atoms with Crippen LogP contribution in [0.25, 0.3) is 0 Å². The molecule has 384 valence electrons. The molecule has 1 saturated carbocycles. The van der Waals surface area contributed by atoms with E-state index in [-0.39, 0.29) is 12.8 Å². The monoisotopic (exact) mass is 948 g/mol. The fourth-order valence-corrected chi connectivity index (χ4v) is 9.55. The molecule has 1 amide bonds. The number of rotatable bonds is 44. The Kier molecular flexibility index (Phi) is 38.6. The van der Waals surface area contributed by atoms with Gasteiger partial charge in [0, 0.05) is 0 Å². The standard InChI is InChI=1S/C51H98NO12P/c1-3-5-7-9-11-13-15-17-19-21-22-23-24-26-28-30-32-34-36-38-42(53)40-45(55)52-43(41-63-65(61,62)64-51-49(59)47(57)46(56)48(58)50(51)60)44(54)39-37-35-33-31-29-27-25-20-18-16-14-12-10-8-6-4-2/h5,7,11,13,42-44,46-51,53-54,56-60H,3-4,6,8-10,12,14-41H2,1-2H3,(H,52,55)(H,61,62)/b7-5-,13-11-. The van der Waals surface area contributed by atoms with Crippen molar-refractivity contribution >= 4 is 13.7 Å². The highest BCUT2D eigenvalue weighted by atomic mass is 31.2. The highest BCUT2D eigenvalue weighted by Crippen LogP contribution is 2.47. The number of hydrogen-bond acceptors (Lipinski definition) is 11. The number of carbonyl (C=O) groups is 1. The van der Waals surface area contributed by atoms with E-state index >= 15 is 0 Å². The van der Waals surface area contributed by atoms with E-state index in [4.69, 9.17) is 9.05 Å². The van der Waals surface area contributed by atoms with Gasteiger partial charge in [0.05, 0.1) is 31.3 Å². The van der Waals surface area contributed by atoms with Crippen LogP contribution in [0.4, 0.5) is 0 Å². The Morgan fingerprint density at radius 3 is 1.42 bits per heavy atom. The first-order valence-electron chi connectivity index (χ1n) is 26.4. The summed E-state index contributed by atoms with van der Waals surface area (Å²) in [7, 11) is -5.12. The summed E-state index contributed by atoms with van der Waals surface area (Å²) in [6.07, 6.45) is 32.1. The molecule has 13 nitrogen and oxygen atoms in total. The van der Waals surface area contributed by atoms with Crippen LogP contribution < -0.4 is 5.32 Å². The molecule has 0 bridgehead atoms. The second-order valence-corrected chi connectivity index (χ2v) is 20.3. The average Bonchev–Trinajstić information content (AvgIpc) is 3.28. The smallest absolute Gasteiger partial charge is 0.393 e. The lowest BCUT2D eigenvalue weighted by molar-refractivity contribution is -0.220. The van der Waals surface area contributed by atoms with E-state index in [1.165, 1.54) is 128 Å². The predicted octanol–water partition coefficient (Wildman–Crippen LogP) is 9.93. The van der Waals surface area contributed by atoms with Crippen molar-refractivity contribution < 1.29 is 59.0 Å². The Hall–Kier alpha value is -1.22. The molecule has 0 aromatic heterocycles. The molecule has 14 heteroatoms. The lowest BCUT2D eigenvalue weighted by Gasteiger charge is -2.41. The molecule has 1 fully saturated rings. The summed E-state index contributed by atoms with van der Waals surface area (Å²) in [5.74, 6) is -0.559. The van der Waals surface area contributed by atoms with Crippen LogP contribution in [0.3, 0.4) is 0 Å². The molecule has 8 unspecified atom stereocenters. The molecule has 0 aliphatic heterocycles. The average molecular weight is 948 g/mol. The normalized spacial score (nSPS) is 22.7. The quantitative estimate of drug-likeness (QED) is 0.0158. The van der Waals surface area contributed by atoms with Crippen LogP contribution in [0.1, 0.15) is 232 Å². The van der Waals surface area contributed by atoms with Gasteiger partial charge in [-0.3, -0.25) is 13.8 Å². The summed E-state index contributed by atoms with van der Waals surface area (Å²) in [6.45, 7) is 3.72. The number of hydrogen-bond donors (Lipinski definition) is 9. The Balaban J connectivity index is 2.43. The molecule has 8 atom stereocenters. The number of aliphatic hydroxyl groups is 7. The Bertz CT molecular complexity index is 1210. The zero-order valence-electron chi connectivity index (χ0n) is 40.9. The maximum Gasteiger partial charge on any atom is 0.472 e. The summed E-state index contributed by atoms with van der Waals surface area (Å²) in [6, 6.07) is -1.15. The fraction of sp³-hybridized carbons (Fsp3) is 0.902. The Morgan fingerprint density at radius 2 is 0.954 bits per heavy atom. The SMILES string of the molecule is CC/C=C\C/C=C\CCCCCCCCCCCCCCC(O)CC(=O)NC(COP(=O)(O)OC1C(O)C(O)C(O)C(O)C1O)C(O)CCCCCCCCCCCCCCCCCC. The van der Waals surface area contributed by atoms with Crippen molar-refractivity contribution in [3.8, 4) is 0 Å². The van der Waals surface area contributed by atoms with E-state index in [2.05, 4.69) is 43.5 Å². The van der Waals surface area contributed by atoms with Crippen LogP contribution in [0.5, 0.6) is 0 Å². The zero-order chi connectivity index (χ0) is 48.0. The van der Waals surface area contributed by atoms with Crippen LogP contribution in [-0.2, 0) is 18.4 Å². The van der Waals surface area contributed by atoms with E-state index in [0.29, 0.717) is 12.8 Å². The molecule has 1 aliphatic rings. The third-order valence-corrected chi connectivity index (χ3v) is 13.8. The van der Waals surface area contributed by atoms with Gasteiger partial charge >= 0.3 is 7.82 Å². The van der Waals surface area contributed by atoms with Crippen molar-refractivity contribution in [3.63, 3.8) is 0 Å². The number of unbranched alkanes of at least 4 members (excludes halogenated alkanes) is 27. The molecule has 9 N–H and O–H groups in total. The number of aliphatic hydroxyl groups excluding tert-OH is 7. The summed E-state index contributed by atoms with van der Waals surface area (Å²) < 4.78 is 23.0. The minimum Gasteiger partial charge on any atom is -0.393 e. The molecular formula is C51H98NO12P. The van der Waals surface area contributed by atoms with Gasteiger partial charge in [-0.05, 0) is 38.5 Å². The molecule has 0 saturated heterocycles. The first-order chi connectivity index (χ1) is 31.3. The third-order valence-electron chi connectivity index (χ3n) is 12.8. The topological polar surface area (TPSA) is 226 Å². The minimum atomic E-state index is -5.12. The molecule has 0 aromatic rings. The second-order valence-electron chi connectivity index (χ2n) is 18.9. The summed E-state index contributed by atoms with van der Waals surface area (Å²) >= 11 is 0. The van der Waals surface area contributed by atoms with E-state index in [1.54, 1.807) is 0 Å². The molecule has 0 heterocycles. The molecule has 65 heavy (non-hydrogen) atoms. The largest absolute Gasteiger partial charge is 0.472 e. The van der Waals surface area contributed by atoms with Crippen molar-refractivity contribution in [2.45, 2.75) is 287 Å². The van der Waals surface area contributed by atoms with E-state index in [1.807, 2.05) is 0 Å². The minimum absolute atomic E-state index is 0.221. The van der Waals surface area contributed by atoms with Gasteiger partial charge in [-0.1, -0.05) is 212 Å². The number of amides is 1. The third kappa shape index (κ3) is 32.3. The summed E-state index contributed by atoms with van der Waals surface area (Å²) in [4.78, 5) is 23.6. The van der Waals surface area contributed by atoms with Crippen molar-refractivity contribution in [2.24, 2.45) is 0 Å². The summed E-state index contributed by atoms with van der Waals surface area (Å²) in [5.41, 5.74) is 0. The molecule has 0 aromatic carbocycles. The maximum absolute atomic E-state index is 13.1. The molecule has 0 radical (unpaired) electrons. The van der Waals surface area contributed by atoms with Gasteiger partial charge < -0.3 is 46.0 Å². The molecule has 1 aliphatic carbocycles. The van der Waals surface area contributed by atoms with Gasteiger partial charge in [0.15, 0.2) is 0 Å². The van der Waals surface area contributed by atoms with Crippen LogP contribution >= 0.6 is 7.82 Å². The maximum atomic E-state index is 13.1. The number of allylic oxidation sites excluding steroid dienone is 4. The van der Waals surface area contributed by atoms with Gasteiger partial charge in [0.2, 0.25) is 5.91 Å². The molecule has 0 spiro atoms. The Labute approximate surface area is 394 Å². The van der Waals surface area contributed by atoms with Crippen molar-refractivity contribution in [1.29, 1.82) is 0 Å². The predicted molar refractivity (Wildman–Crippen MR) is 261 cm³/mol. The first kappa shape index (κ1) is 61.8. The van der Waals surface area contributed by atoms with Crippen molar-refractivity contribution in [1.82, 2.24) is 5.32 Å². The van der Waals surface area contributed by atoms with Gasteiger partial charge in [-0.15, -0.1) is 0 Å². The van der Waals surface area contributed by atoms with Crippen molar-refractivity contribution in [2.75, 3.05) is 6.61 Å². The van der Waals surface area contributed by atoms with Gasteiger partial charge in [0.25, 0.3) is 0 Å². The molecule has 1 rings (SSSR count). The van der Waals surface area contributed by atoms with E-state index < -0.39 is 75.2 Å². The first-order valence-corrected chi connectivity index (χ1v) is 27.9. The Morgan fingerprint density at radius 1 is 0.554 bits per heavy atom. The lowest BCUT2D eigenvalue weighted by Crippen LogP contribution is -2.64. The van der Waals surface area contributed by atoms with Gasteiger partial charge in [-0.2, -0.15) is 0 Å². The lowest BCUT2D eigenvalue weighted by atomic mass is 9.85. The summed E-state index contributed by atoms with van der Waals surface area (Å²) in [5, 5.41) is 74.9. The van der Waals surface area contributed by atoms with Crippen LogP contribution in [0.2, 0.25) is 0 Å². The van der Waals surface area contributed by atoms with Crippen LogP contribution in [-0.4, -0.2) is 108 Å². The van der Waals surface area contributed by atoms with Crippen LogP contribution in [0, 0.1) is 0 Å². The van der Waals surface area contributed by atoms with Gasteiger partial charge in [-0.25, -0.2) is 4.57 Å². The zero-order valence-corrected chi connectivity index (χ0v) is 41.8. The fourth-order valence-electron chi connectivity index (χ4n) is 8.58. The number of nitrogens with one attached hydrogen (secondary N) is 1. The van der Waals surface area contributed by atoms with Crippen molar-refractivity contribution in [3.05, 3.63) is 24.3 Å². The number of phosphoric ester groups is 1. The highest BCUT2D eigenvalue weighted by molar-refractivity contribution is 7.47.